The highest BCUT2D eigenvalue weighted by Gasteiger charge is 2.39. The lowest BCUT2D eigenvalue weighted by atomic mass is 9.82. The molecule has 0 aliphatic heterocycles. The molecule has 3 unspecified atom stereocenters. The fourth-order valence-corrected chi connectivity index (χ4v) is 3.57. The Balaban J connectivity index is 1.97. The maximum absolute atomic E-state index is 3.82. The predicted octanol–water partition coefficient (Wildman–Crippen LogP) is 3.42. The molecule has 2 aliphatic carbocycles. The van der Waals surface area contributed by atoms with E-state index >= 15 is 0 Å². The van der Waals surface area contributed by atoms with Gasteiger partial charge < -0.3 is 5.32 Å². The van der Waals surface area contributed by atoms with Crippen molar-refractivity contribution in [3.05, 3.63) is 0 Å². The first-order valence-corrected chi connectivity index (χ1v) is 8.25. The highest BCUT2D eigenvalue weighted by Crippen LogP contribution is 2.35. The molecule has 0 radical (unpaired) electrons. The van der Waals surface area contributed by atoms with E-state index in [2.05, 4.69) is 31.0 Å². The average Bonchev–Trinajstić information content (AvgIpc) is 3.19. The topological polar surface area (TPSA) is 15.3 Å². The van der Waals surface area contributed by atoms with E-state index in [1.807, 2.05) is 0 Å². The molecule has 2 heteroatoms. The highest BCUT2D eigenvalue weighted by atomic mass is 15.2. The third kappa shape index (κ3) is 3.71. The molecule has 0 aromatic carbocycles. The average molecular weight is 252 g/mol. The summed E-state index contributed by atoms with van der Waals surface area (Å²) in [4.78, 5) is 2.85. The third-order valence-electron chi connectivity index (χ3n) is 4.66. The molecule has 0 saturated heterocycles. The number of nitrogens with zero attached hydrogens (tertiary/aromatic N) is 1. The molecule has 0 aromatic rings. The number of hydrogen-bond acceptors (Lipinski definition) is 2. The van der Waals surface area contributed by atoms with Crippen molar-refractivity contribution < 1.29 is 0 Å². The number of rotatable bonds is 7. The molecule has 2 fully saturated rings. The second-order valence-corrected chi connectivity index (χ2v) is 6.52. The van der Waals surface area contributed by atoms with Crippen LogP contribution >= 0.6 is 0 Å². The van der Waals surface area contributed by atoms with Crippen molar-refractivity contribution in [2.24, 2.45) is 5.92 Å². The first-order chi connectivity index (χ1) is 8.76. The molecule has 1 N–H and O–H groups in total. The minimum atomic E-state index is 0.758. The Kier molecular flexibility index (Phi) is 5.50. The van der Waals surface area contributed by atoms with Crippen molar-refractivity contribution >= 4 is 0 Å². The number of nitrogens with one attached hydrogen (secondary N) is 1. The summed E-state index contributed by atoms with van der Waals surface area (Å²) in [5.41, 5.74) is 0. The van der Waals surface area contributed by atoms with Gasteiger partial charge in [0.15, 0.2) is 0 Å². The molecule has 3 atom stereocenters. The van der Waals surface area contributed by atoms with Crippen LogP contribution in [0.5, 0.6) is 0 Å². The van der Waals surface area contributed by atoms with Crippen LogP contribution in [0, 0.1) is 5.92 Å². The van der Waals surface area contributed by atoms with Crippen molar-refractivity contribution in [2.75, 3.05) is 13.1 Å². The molecule has 106 valence electrons. The molecule has 2 nitrogen and oxygen atoms in total. The van der Waals surface area contributed by atoms with Crippen LogP contribution in [0.3, 0.4) is 0 Å². The van der Waals surface area contributed by atoms with Gasteiger partial charge in [0.05, 0.1) is 0 Å². The van der Waals surface area contributed by atoms with E-state index in [4.69, 9.17) is 0 Å². The molecule has 2 saturated carbocycles. The third-order valence-corrected chi connectivity index (χ3v) is 4.66. The second-order valence-electron chi connectivity index (χ2n) is 6.52. The van der Waals surface area contributed by atoms with E-state index in [-0.39, 0.29) is 0 Å². The van der Waals surface area contributed by atoms with E-state index in [1.165, 1.54) is 58.0 Å². The van der Waals surface area contributed by atoms with Crippen LogP contribution in [0.15, 0.2) is 0 Å². The van der Waals surface area contributed by atoms with Crippen LogP contribution in [-0.4, -0.2) is 36.1 Å². The zero-order valence-electron chi connectivity index (χ0n) is 12.6. The Morgan fingerprint density at radius 1 is 1.06 bits per heavy atom. The molecular formula is C16H32N2. The van der Waals surface area contributed by atoms with Crippen LogP contribution in [0.25, 0.3) is 0 Å². The Morgan fingerprint density at radius 3 is 2.44 bits per heavy atom. The Labute approximate surface area is 114 Å². The molecular weight excluding hydrogens is 220 g/mol. The van der Waals surface area contributed by atoms with E-state index in [0.29, 0.717) is 0 Å². The van der Waals surface area contributed by atoms with Crippen LogP contribution in [0.2, 0.25) is 0 Å². The second kappa shape index (κ2) is 6.91. The van der Waals surface area contributed by atoms with Crippen molar-refractivity contribution in [2.45, 2.75) is 83.8 Å². The highest BCUT2D eigenvalue weighted by molar-refractivity contribution is 4.96. The lowest BCUT2D eigenvalue weighted by Gasteiger charge is -2.43. The van der Waals surface area contributed by atoms with Crippen molar-refractivity contribution in [1.29, 1.82) is 0 Å². The zero-order chi connectivity index (χ0) is 13.0. The Hall–Kier alpha value is -0.0800. The van der Waals surface area contributed by atoms with E-state index in [1.54, 1.807) is 0 Å². The van der Waals surface area contributed by atoms with Crippen molar-refractivity contribution in [3.63, 3.8) is 0 Å². The summed E-state index contributed by atoms with van der Waals surface area (Å²) in [6.45, 7) is 9.56. The normalized spacial score (nSPS) is 33.0. The van der Waals surface area contributed by atoms with E-state index < -0.39 is 0 Å². The van der Waals surface area contributed by atoms with Gasteiger partial charge >= 0.3 is 0 Å². The van der Waals surface area contributed by atoms with Gasteiger partial charge in [-0.25, -0.2) is 0 Å². The number of hydrogen-bond donors (Lipinski definition) is 1. The first kappa shape index (κ1) is 14.3. The van der Waals surface area contributed by atoms with Crippen LogP contribution in [-0.2, 0) is 0 Å². The summed E-state index contributed by atoms with van der Waals surface area (Å²) in [6.07, 6.45) is 9.69. The molecule has 0 heterocycles. The van der Waals surface area contributed by atoms with Gasteiger partial charge in [-0.2, -0.15) is 0 Å². The smallest absolute Gasteiger partial charge is 0.0254 e. The van der Waals surface area contributed by atoms with Gasteiger partial charge in [-0.1, -0.05) is 20.8 Å². The van der Waals surface area contributed by atoms with Gasteiger partial charge in [-0.3, -0.25) is 4.90 Å². The largest absolute Gasteiger partial charge is 0.312 e. The summed E-state index contributed by atoms with van der Waals surface area (Å²) in [6, 6.07) is 2.49. The molecule has 2 aliphatic rings. The predicted molar refractivity (Wildman–Crippen MR) is 78.9 cm³/mol. The quantitative estimate of drug-likeness (QED) is 0.747. The van der Waals surface area contributed by atoms with Gasteiger partial charge in [0.1, 0.15) is 0 Å². The SMILES string of the molecule is CCCNC1CCC(C)CC1N(CCC)C1CC1. The maximum Gasteiger partial charge on any atom is 0.0254 e. The summed E-state index contributed by atoms with van der Waals surface area (Å²) < 4.78 is 0. The Morgan fingerprint density at radius 2 is 1.83 bits per heavy atom. The molecule has 18 heavy (non-hydrogen) atoms. The summed E-state index contributed by atoms with van der Waals surface area (Å²) in [5, 5.41) is 3.82. The van der Waals surface area contributed by atoms with Gasteiger partial charge in [-0.05, 0) is 64.0 Å². The minimum absolute atomic E-state index is 0.758. The van der Waals surface area contributed by atoms with Crippen LogP contribution in [0.4, 0.5) is 0 Å². The maximum atomic E-state index is 3.82. The molecule has 2 rings (SSSR count). The van der Waals surface area contributed by atoms with Crippen molar-refractivity contribution in [1.82, 2.24) is 10.2 Å². The fourth-order valence-electron chi connectivity index (χ4n) is 3.57. The van der Waals surface area contributed by atoms with Gasteiger partial charge in [0, 0.05) is 18.1 Å². The van der Waals surface area contributed by atoms with Crippen molar-refractivity contribution in [3.8, 4) is 0 Å². The van der Waals surface area contributed by atoms with Crippen LogP contribution < -0.4 is 5.32 Å². The van der Waals surface area contributed by atoms with Gasteiger partial charge in [-0.15, -0.1) is 0 Å². The van der Waals surface area contributed by atoms with E-state index in [9.17, 15) is 0 Å². The minimum Gasteiger partial charge on any atom is -0.312 e. The summed E-state index contributed by atoms with van der Waals surface area (Å²) in [5.74, 6) is 0.924. The lowest BCUT2D eigenvalue weighted by molar-refractivity contribution is 0.0936. The van der Waals surface area contributed by atoms with Gasteiger partial charge in [0.25, 0.3) is 0 Å². The monoisotopic (exact) mass is 252 g/mol. The lowest BCUT2D eigenvalue weighted by Crippen LogP contribution is -2.54. The summed E-state index contributed by atoms with van der Waals surface area (Å²) in [7, 11) is 0. The van der Waals surface area contributed by atoms with Gasteiger partial charge in [0.2, 0.25) is 0 Å². The molecule has 0 spiro atoms. The van der Waals surface area contributed by atoms with Crippen LogP contribution in [0.1, 0.15) is 65.7 Å². The molecule has 0 bridgehead atoms. The first-order valence-electron chi connectivity index (χ1n) is 8.25. The summed E-state index contributed by atoms with van der Waals surface area (Å²) >= 11 is 0. The zero-order valence-corrected chi connectivity index (χ0v) is 12.6. The molecule has 0 aromatic heterocycles. The fraction of sp³-hybridized carbons (Fsp3) is 1.00. The molecule has 0 amide bonds. The van der Waals surface area contributed by atoms with E-state index in [0.717, 1.165) is 24.0 Å². The Bertz CT molecular complexity index is 235. The standard InChI is InChI=1S/C16H32N2/c1-4-10-17-15-9-6-13(3)12-16(15)18(11-5-2)14-7-8-14/h13-17H,4-12H2,1-3H3.